The number of Topliss-reactive ketones (excluding diaryl/α,β-unsaturated/α-hetero) is 1. The molecular formula is C21H23N3O4. The van der Waals surface area contributed by atoms with Crippen LogP contribution in [0.1, 0.15) is 27.6 Å². The standard InChI is InChI=1S/C21H23N3O4/c1-15(25)16-3-7-18(8-4-16)22-21(27)24-13-11-23(12-14-24)19-9-5-17(6-10-19)20(26)28-2/h3-10H,11-14H2,1-2H3,(H,22,27). The zero-order valence-electron chi connectivity index (χ0n) is 16.0. The van der Waals surface area contributed by atoms with Crippen LogP contribution in [0.15, 0.2) is 48.5 Å². The molecule has 0 atom stereocenters. The third-order valence-corrected chi connectivity index (χ3v) is 4.76. The van der Waals surface area contributed by atoms with Crippen molar-refractivity contribution in [2.24, 2.45) is 0 Å². The Bertz CT molecular complexity index is 854. The number of esters is 1. The van der Waals surface area contributed by atoms with Crippen LogP contribution in [0.4, 0.5) is 16.2 Å². The van der Waals surface area contributed by atoms with Crippen LogP contribution < -0.4 is 10.2 Å². The van der Waals surface area contributed by atoms with Crippen LogP contribution in [0.2, 0.25) is 0 Å². The Labute approximate surface area is 163 Å². The van der Waals surface area contributed by atoms with Gasteiger partial charge in [0.1, 0.15) is 0 Å². The highest BCUT2D eigenvalue weighted by atomic mass is 16.5. The highest BCUT2D eigenvalue weighted by Gasteiger charge is 2.21. The van der Waals surface area contributed by atoms with Gasteiger partial charge >= 0.3 is 12.0 Å². The third-order valence-electron chi connectivity index (χ3n) is 4.76. The van der Waals surface area contributed by atoms with E-state index in [1.165, 1.54) is 14.0 Å². The lowest BCUT2D eigenvalue weighted by Gasteiger charge is -2.36. The molecule has 1 aliphatic heterocycles. The molecule has 1 fully saturated rings. The van der Waals surface area contributed by atoms with Gasteiger partial charge < -0.3 is 19.9 Å². The molecule has 3 rings (SSSR count). The van der Waals surface area contributed by atoms with Crippen molar-refractivity contribution in [3.63, 3.8) is 0 Å². The zero-order valence-corrected chi connectivity index (χ0v) is 16.0. The normalized spacial score (nSPS) is 13.8. The van der Waals surface area contributed by atoms with Crippen LogP contribution in [0, 0.1) is 0 Å². The monoisotopic (exact) mass is 381 g/mol. The maximum Gasteiger partial charge on any atom is 0.337 e. The Morgan fingerprint density at radius 1 is 0.857 bits per heavy atom. The Hall–Kier alpha value is -3.35. The van der Waals surface area contributed by atoms with E-state index in [0.717, 1.165) is 5.69 Å². The molecule has 7 heteroatoms. The molecule has 2 aromatic rings. The Morgan fingerprint density at radius 3 is 1.96 bits per heavy atom. The fourth-order valence-electron chi connectivity index (χ4n) is 3.08. The topological polar surface area (TPSA) is 79.0 Å². The average Bonchev–Trinajstić information content (AvgIpc) is 2.73. The number of anilines is 2. The van der Waals surface area contributed by atoms with Gasteiger partial charge in [0.15, 0.2) is 5.78 Å². The molecule has 0 bridgehead atoms. The van der Waals surface area contributed by atoms with Crippen LogP contribution in [0.5, 0.6) is 0 Å². The van der Waals surface area contributed by atoms with Gasteiger partial charge in [-0.25, -0.2) is 9.59 Å². The van der Waals surface area contributed by atoms with E-state index in [4.69, 9.17) is 4.74 Å². The SMILES string of the molecule is COC(=O)c1ccc(N2CCN(C(=O)Nc3ccc(C(C)=O)cc3)CC2)cc1. The van der Waals surface area contributed by atoms with E-state index in [1.54, 1.807) is 41.3 Å². The lowest BCUT2D eigenvalue weighted by atomic mass is 10.1. The number of nitrogens with zero attached hydrogens (tertiary/aromatic N) is 2. The smallest absolute Gasteiger partial charge is 0.337 e. The number of urea groups is 1. The molecule has 0 radical (unpaired) electrons. The lowest BCUT2D eigenvalue weighted by Crippen LogP contribution is -2.50. The second-order valence-electron chi connectivity index (χ2n) is 6.58. The highest BCUT2D eigenvalue weighted by molar-refractivity contribution is 5.95. The predicted octanol–water partition coefficient (Wildman–Crippen LogP) is 3.03. The molecule has 0 saturated carbocycles. The number of hydrogen-bond donors (Lipinski definition) is 1. The quantitative estimate of drug-likeness (QED) is 0.651. The molecule has 0 aliphatic carbocycles. The number of carbonyl (C=O) groups excluding carboxylic acids is 3. The summed E-state index contributed by atoms with van der Waals surface area (Å²) in [5.41, 5.74) is 2.80. The summed E-state index contributed by atoms with van der Waals surface area (Å²) < 4.78 is 4.71. The van der Waals surface area contributed by atoms with Gasteiger partial charge in [-0.3, -0.25) is 4.79 Å². The van der Waals surface area contributed by atoms with Gasteiger partial charge in [0.05, 0.1) is 12.7 Å². The number of amides is 2. The van der Waals surface area contributed by atoms with E-state index >= 15 is 0 Å². The number of piperazine rings is 1. The zero-order chi connectivity index (χ0) is 20.1. The van der Waals surface area contributed by atoms with Crippen LogP contribution in [-0.2, 0) is 4.74 Å². The molecule has 28 heavy (non-hydrogen) atoms. The number of ketones is 1. The van der Waals surface area contributed by atoms with E-state index in [1.807, 2.05) is 12.1 Å². The van der Waals surface area contributed by atoms with Crippen molar-refractivity contribution in [1.82, 2.24) is 4.90 Å². The van der Waals surface area contributed by atoms with Gasteiger partial charge in [-0.15, -0.1) is 0 Å². The summed E-state index contributed by atoms with van der Waals surface area (Å²) >= 11 is 0. The van der Waals surface area contributed by atoms with Crippen LogP contribution in [0.3, 0.4) is 0 Å². The van der Waals surface area contributed by atoms with E-state index < -0.39 is 0 Å². The highest BCUT2D eigenvalue weighted by Crippen LogP contribution is 2.18. The second-order valence-corrected chi connectivity index (χ2v) is 6.58. The summed E-state index contributed by atoms with van der Waals surface area (Å²) in [5, 5.41) is 2.86. The van der Waals surface area contributed by atoms with E-state index in [-0.39, 0.29) is 17.8 Å². The van der Waals surface area contributed by atoms with Gasteiger partial charge in [0.2, 0.25) is 0 Å². The van der Waals surface area contributed by atoms with E-state index in [9.17, 15) is 14.4 Å². The van der Waals surface area contributed by atoms with Gasteiger partial charge in [-0.2, -0.15) is 0 Å². The first-order valence-electron chi connectivity index (χ1n) is 9.08. The average molecular weight is 381 g/mol. The van der Waals surface area contributed by atoms with Gasteiger partial charge in [0, 0.05) is 43.1 Å². The summed E-state index contributed by atoms with van der Waals surface area (Å²) in [5.74, 6) is -0.363. The van der Waals surface area contributed by atoms with Crippen molar-refractivity contribution in [3.8, 4) is 0 Å². The predicted molar refractivity (Wildman–Crippen MR) is 107 cm³/mol. The summed E-state index contributed by atoms with van der Waals surface area (Å²) in [6.07, 6.45) is 0. The third kappa shape index (κ3) is 4.49. The summed E-state index contributed by atoms with van der Waals surface area (Å²) in [6.45, 7) is 4.10. The molecule has 1 saturated heterocycles. The molecule has 0 aromatic heterocycles. The van der Waals surface area contributed by atoms with Gasteiger partial charge in [0.25, 0.3) is 0 Å². The number of nitrogens with one attached hydrogen (secondary N) is 1. The first-order chi connectivity index (χ1) is 13.5. The van der Waals surface area contributed by atoms with Crippen LogP contribution in [0.25, 0.3) is 0 Å². The fourth-order valence-corrected chi connectivity index (χ4v) is 3.08. The first-order valence-corrected chi connectivity index (χ1v) is 9.08. The summed E-state index contributed by atoms with van der Waals surface area (Å²) in [7, 11) is 1.36. The number of hydrogen-bond acceptors (Lipinski definition) is 5. The molecule has 0 unspecified atom stereocenters. The maximum absolute atomic E-state index is 12.5. The summed E-state index contributed by atoms with van der Waals surface area (Å²) in [4.78, 5) is 39.2. The molecular weight excluding hydrogens is 358 g/mol. The molecule has 2 amide bonds. The number of rotatable bonds is 4. The summed E-state index contributed by atoms with van der Waals surface area (Å²) in [6, 6.07) is 14.0. The molecule has 0 spiro atoms. The van der Waals surface area contributed by atoms with Crippen molar-refractivity contribution in [1.29, 1.82) is 0 Å². The molecule has 146 valence electrons. The minimum absolute atomic E-state index is 0.00591. The van der Waals surface area contributed by atoms with Crippen molar-refractivity contribution in [2.75, 3.05) is 43.5 Å². The van der Waals surface area contributed by atoms with Gasteiger partial charge in [-0.1, -0.05) is 0 Å². The van der Waals surface area contributed by atoms with Gasteiger partial charge in [-0.05, 0) is 55.5 Å². The van der Waals surface area contributed by atoms with E-state index in [2.05, 4.69) is 10.2 Å². The minimum Gasteiger partial charge on any atom is -0.465 e. The molecule has 1 N–H and O–H groups in total. The number of benzene rings is 2. The van der Waals surface area contributed by atoms with Crippen molar-refractivity contribution in [3.05, 3.63) is 59.7 Å². The maximum atomic E-state index is 12.5. The lowest BCUT2D eigenvalue weighted by molar-refractivity contribution is 0.0600. The Morgan fingerprint density at radius 2 is 1.43 bits per heavy atom. The number of ether oxygens (including phenoxy) is 1. The van der Waals surface area contributed by atoms with Crippen molar-refractivity contribution >= 4 is 29.2 Å². The molecule has 2 aromatic carbocycles. The fraction of sp³-hybridized carbons (Fsp3) is 0.286. The van der Waals surface area contributed by atoms with Crippen LogP contribution >= 0.6 is 0 Å². The number of carbonyl (C=O) groups is 3. The van der Waals surface area contributed by atoms with Crippen molar-refractivity contribution in [2.45, 2.75) is 6.92 Å². The van der Waals surface area contributed by atoms with Crippen molar-refractivity contribution < 1.29 is 19.1 Å². The molecule has 1 heterocycles. The Kier molecular flexibility index (Phi) is 5.93. The van der Waals surface area contributed by atoms with E-state index in [0.29, 0.717) is 43.0 Å². The molecule has 7 nitrogen and oxygen atoms in total. The minimum atomic E-state index is -0.357. The Balaban J connectivity index is 1.53. The largest absolute Gasteiger partial charge is 0.465 e. The first kappa shape index (κ1) is 19.4. The number of methoxy groups -OCH3 is 1. The second kappa shape index (κ2) is 8.56. The molecule has 1 aliphatic rings. The van der Waals surface area contributed by atoms with Crippen LogP contribution in [-0.4, -0.2) is 56.0 Å².